The lowest BCUT2D eigenvalue weighted by Gasteiger charge is -2.24. The van der Waals surface area contributed by atoms with Crippen LogP contribution in [0.4, 0.5) is 5.69 Å². The zero-order chi connectivity index (χ0) is 17.8. The number of hydrogen-bond donors (Lipinski definition) is 2. The van der Waals surface area contributed by atoms with Crippen LogP contribution in [0.3, 0.4) is 0 Å². The fraction of sp³-hybridized carbons (Fsp3) is 0.250. The third-order valence-electron chi connectivity index (χ3n) is 4.90. The van der Waals surface area contributed by atoms with Gasteiger partial charge in [-0.05, 0) is 37.6 Å². The fourth-order valence-electron chi connectivity index (χ4n) is 3.88. The number of carbonyl (C=O) groups is 1. The Bertz CT molecular complexity index is 995. The minimum Gasteiger partial charge on any atom is -0.372 e. The molecular formula is C20H19BrN2O2. The highest BCUT2D eigenvalue weighted by molar-refractivity contribution is 9.10. The number of carbonyl (C=O) groups excluding carboxylic acids is 1. The summed E-state index contributed by atoms with van der Waals surface area (Å²) in [6, 6.07) is 13.4. The minimum atomic E-state index is -1.68. The van der Waals surface area contributed by atoms with E-state index >= 15 is 0 Å². The van der Waals surface area contributed by atoms with Gasteiger partial charge in [-0.25, -0.2) is 0 Å². The number of aromatic amines is 1. The Morgan fingerprint density at radius 1 is 1.24 bits per heavy atom. The number of nitrogens with one attached hydrogen (secondary N) is 1. The summed E-state index contributed by atoms with van der Waals surface area (Å²) in [7, 11) is 0. The van der Waals surface area contributed by atoms with Crippen LogP contribution in [-0.2, 0) is 10.4 Å². The van der Waals surface area contributed by atoms with E-state index in [9.17, 15) is 9.90 Å². The standard InChI is InChI=1S/C20H19BrN2O2/c1-3-10-23-17-9-8-13(21)11-15(17)20(25,19(23)24)18-12(2)22-16-7-5-4-6-14(16)18/h4-9,11,22,25H,3,10H2,1-2H3/t20-/m0/s1. The van der Waals surface area contributed by atoms with Crippen LogP contribution in [-0.4, -0.2) is 22.5 Å². The molecule has 0 bridgehead atoms. The number of para-hydroxylation sites is 1. The second kappa shape index (κ2) is 5.71. The van der Waals surface area contributed by atoms with Gasteiger partial charge in [-0.3, -0.25) is 4.79 Å². The molecule has 2 N–H and O–H groups in total. The van der Waals surface area contributed by atoms with Crippen molar-refractivity contribution in [3.05, 3.63) is 63.8 Å². The molecule has 1 amide bonds. The van der Waals surface area contributed by atoms with Gasteiger partial charge in [-0.2, -0.15) is 0 Å². The molecule has 2 aromatic carbocycles. The molecule has 2 heterocycles. The van der Waals surface area contributed by atoms with Crippen molar-refractivity contribution in [2.24, 2.45) is 0 Å². The van der Waals surface area contributed by atoms with Crippen molar-refractivity contribution in [2.75, 3.05) is 11.4 Å². The Kier molecular flexibility index (Phi) is 3.74. The first-order chi connectivity index (χ1) is 12.0. The van der Waals surface area contributed by atoms with Gasteiger partial charge in [0.2, 0.25) is 0 Å². The van der Waals surface area contributed by atoms with Crippen molar-refractivity contribution < 1.29 is 9.90 Å². The van der Waals surface area contributed by atoms with Crippen LogP contribution in [0.5, 0.6) is 0 Å². The Balaban J connectivity index is 2.04. The first kappa shape index (κ1) is 16.4. The number of anilines is 1. The molecule has 0 unspecified atom stereocenters. The average molecular weight is 399 g/mol. The highest BCUT2D eigenvalue weighted by atomic mass is 79.9. The van der Waals surface area contributed by atoms with E-state index in [0.717, 1.165) is 33.2 Å². The molecule has 1 aromatic heterocycles. The van der Waals surface area contributed by atoms with Crippen molar-refractivity contribution in [1.82, 2.24) is 4.98 Å². The Labute approximate surface area is 154 Å². The van der Waals surface area contributed by atoms with E-state index in [-0.39, 0.29) is 5.91 Å². The van der Waals surface area contributed by atoms with Crippen LogP contribution in [0.15, 0.2) is 46.9 Å². The number of aliphatic hydroxyl groups is 1. The molecule has 4 rings (SSSR count). The van der Waals surface area contributed by atoms with Gasteiger partial charge >= 0.3 is 0 Å². The summed E-state index contributed by atoms with van der Waals surface area (Å²) in [4.78, 5) is 18.3. The number of aromatic nitrogens is 1. The largest absolute Gasteiger partial charge is 0.372 e. The Hall–Kier alpha value is -2.11. The van der Waals surface area contributed by atoms with Crippen molar-refractivity contribution in [2.45, 2.75) is 25.9 Å². The van der Waals surface area contributed by atoms with Crippen LogP contribution in [0.2, 0.25) is 0 Å². The van der Waals surface area contributed by atoms with E-state index in [2.05, 4.69) is 20.9 Å². The zero-order valence-electron chi connectivity index (χ0n) is 14.1. The average Bonchev–Trinajstić information content (AvgIpc) is 3.03. The molecule has 1 atom stereocenters. The van der Waals surface area contributed by atoms with Crippen molar-refractivity contribution in [3.63, 3.8) is 0 Å². The summed E-state index contributed by atoms with van der Waals surface area (Å²) in [6.45, 7) is 4.51. The van der Waals surface area contributed by atoms with Gasteiger partial charge in [0.05, 0.1) is 5.69 Å². The quantitative estimate of drug-likeness (QED) is 0.693. The van der Waals surface area contributed by atoms with Crippen LogP contribution in [0.25, 0.3) is 10.9 Å². The number of fused-ring (bicyclic) bond motifs is 2. The summed E-state index contributed by atoms with van der Waals surface area (Å²) >= 11 is 3.48. The van der Waals surface area contributed by atoms with Crippen LogP contribution in [0, 0.1) is 6.92 Å². The van der Waals surface area contributed by atoms with Gasteiger partial charge in [-0.1, -0.05) is 41.1 Å². The van der Waals surface area contributed by atoms with E-state index in [1.807, 2.05) is 56.3 Å². The number of halogens is 1. The lowest BCUT2D eigenvalue weighted by Crippen LogP contribution is -2.41. The fourth-order valence-corrected chi connectivity index (χ4v) is 4.24. The van der Waals surface area contributed by atoms with Crippen LogP contribution in [0.1, 0.15) is 30.2 Å². The van der Waals surface area contributed by atoms with Gasteiger partial charge < -0.3 is 15.0 Å². The normalized spacial score (nSPS) is 19.7. The number of H-pyrrole nitrogens is 1. The number of amides is 1. The third-order valence-corrected chi connectivity index (χ3v) is 5.39. The molecule has 0 saturated carbocycles. The van der Waals surface area contributed by atoms with E-state index in [1.165, 1.54) is 0 Å². The van der Waals surface area contributed by atoms with Crippen molar-refractivity contribution in [3.8, 4) is 0 Å². The SMILES string of the molecule is CCCN1C(=O)[C@@](O)(c2c(C)[nH]c3ccccc23)c2cc(Br)ccc21. The Morgan fingerprint density at radius 2 is 2.00 bits per heavy atom. The molecule has 25 heavy (non-hydrogen) atoms. The lowest BCUT2D eigenvalue weighted by atomic mass is 9.85. The maximum atomic E-state index is 13.3. The number of hydrogen-bond acceptors (Lipinski definition) is 2. The monoisotopic (exact) mass is 398 g/mol. The number of nitrogens with zero attached hydrogens (tertiary/aromatic N) is 1. The summed E-state index contributed by atoms with van der Waals surface area (Å²) in [6.07, 6.45) is 0.824. The molecule has 1 aliphatic rings. The molecule has 5 heteroatoms. The van der Waals surface area contributed by atoms with E-state index in [0.29, 0.717) is 17.7 Å². The van der Waals surface area contributed by atoms with Crippen LogP contribution >= 0.6 is 15.9 Å². The van der Waals surface area contributed by atoms with E-state index in [1.54, 1.807) is 4.90 Å². The Morgan fingerprint density at radius 3 is 2.76 bits per heavy atom. The van der Waals surface area contributed by atoms with E-state index in [4.69, 9.17) is 0 Å². The maximum absolute atomic E-state index is 13.3. The highest BCUT2D eigenvalue weighted by Crippen LogP contribution is 2.48. The third kappa shape index (κ3) is 2.19. The maximum Gasteiger partial charge on any atom is 0.268 e. The molecule has 0 aliphatic carbocycles. The number of rotatable bonds is 3. The summed E-state index contributed by atoms with van der Waals surface area (Å²) < 4.78 is 0.841. The number of benzene rings is 2. The predicted octanol–water partition coefficient (Wildman–Crippen LogP) is 4.23. The predicted molar refractivity (Wildman–Crippen MR) is 103 cm³/mol. The second-order valence-corrected chi connectivity index (χ2v) is 7.41. The summed E-state index contributed by atoms with van der Waals surface area (Å²) in [5, 5.41) is 12.6. The zero-order valence-corrected chi connectivity index (χ0v) is 15.7. The lowest BCUT2D eigenvalue weighted by molar-refractivity contribution is -0.132. The van der Waals surface area contributed by atoms with Crippen molar-refractivity contribution in [1.29, 1.82) is 0 Å². The smallest absolute Gasteiger partial charge is 0.268 e. The van der Waals surface area contributed by atoms with Gasteiger partial charge in [0.1, 0.15) is 0 Å². The molecule has 0 fully saturated rings. The molecule has 0 radical (unpaired) electrons. The van der Waals surface area contributed by atoms with Crippen molar-refractivity contribution >= 4 is 38.4 Å². The molecule has 1 aliphatic heterocycles. The van der Waals surface area contributed by atoms with Crippen LogP contribution < -0.4 is 4.90 Å². The van der Waals surface area contributed by atoms with Gasteiger partial charge in [-0.15, -0.1) is 0 Å². The molecule has 0 saturated heterocycles. The first-order valence-corrected chi connectivity index (χ1v) is 9.20. The second-order valence-electron chi connectivity index (χ2n) is 6.50. The van der Waals surface area contributed by atoms with Gasteiger partial charge in [0.25, 0.3) is 5.91 Å². The first-order valence-electron chi connectivity index (χ1n) is 8.40. The van der Waals surface area contributed by atoms with Gasteiger partial charge in [0.15, 0.2) is 5.60 Å². The topological polar surface area (TPSA) is 56.3 Å². The molecule has 3 aromatic rings. The molecule has 0 spiro atoms. The minimum absolute atomic E-state index is 0.282. The van der Waals surface area contributed by atoms with Gasteiger partial charge in [0, 0.05) is 38.7 Å². The number of aryl methyl sites for hydroxylation is 1. The molecule has 128 valence electrons. The highest BCUT2D eigenvalue weighted by Gasteiger charge is 2.52. The molecule has 4 nitrogen and oxygen atoms in total. The summed E-state index contributed by atoms with van der Waals surface area (Å²) in [5.74, 6) is -0.282. The van der Waals surface area contributed by atoms with E-state index < -0.39 is 5.60 Å². The summed E-state index contributed by atoms with van der Waals surface area (Å²) in [5.41, 5.74) is 2.10. The molecular weight excluding hydrogens is 380 g/mol.